The first kappa shape index (κ1) is 23.6. The van der Waals surface area contributed by atoms with Crippen molar-refractivity contribution in [1.29, 1.82) is 0 Å². The summed E-state index contributed by atoms with van der Waals surface area (Å²) in [6.45, 7) is 3.02. The molecule has 0 bridgehead atoms. The molecule has 0 radical (unpaired) electrons. The SMILES string of the molecule is CC(C)C(=O)Nc1nc2c(ncn2[C@@H]2CO[C@]3(CO)CO[C@@H](c4ccccc4)O[C@H]3[C@H]2O)c(=O)[nH]1. The molecule has 2 aliphatic rings. The minimum Gasteiger partial charge on any atom is -0.393 e. The summed E-state index contributed by atoms with van der Waals surface area (Å²) in [6, 6.07) is 8.52. The number of nitrogens with zero attached hydrogens (tertiary/aromatic N) is 3. The van der Waals surface area contributed by atoms with Crippen molar-refractivity contribution in [1.82, 2.24) is 19.5 Å². The molecular formula is C23H27N5O7. The molecule has 186 valence electrons. The van der Waals surface area contributed by atoms with Crippen LogP contribution >= 0.6 is 0 Å². The molecule has 2 aliphatic heterocycles. The first-order chi connectivity index (χ1) is 16.8. The molecule has 0 spiro atoms. The molecule has 5 atom stereocenters. The third kappa shape index (κ3) is 4.13. The van der Waals surface area contributed by atoms with Gasteiger partial charge in [0.1, 0.15) is 17.8 Å². The number of aromatic nitrogens is 4. The summed E-state index contributed by atoms with van der Waals surface area (Å²) in [5.41, 5.74) is -0.799. The number of benzene rings is 1. The van der Waals surface area contributed by atoms with Crippen LogP contribution in [0.4, 0.5) is 5.95 Å². The maximum atomic E-state index is 12.6. The van der Waals surface area contributed by atoms with Gasteiger partial charge in [-0.15, -0.1) is 0 Å². The predicted octanol–water partition coefficient (Wildman–Crippen LogP) is 0.492. The summed E-state index contributed by atoms with van der Waals surface area (Å²) in [5.74, 6) is -0.649. The second-order valence-electron chi connectivity index (χ2n) is 9.08. The maximum absolute atomic E-state index is 12.6. The van der Waals surface area contributed by atoms with Crippen LogP contribution in [-0.4, -0.2) is 73.3 Å². The number of carbonyl (C=O) groups is 1. The highest BCUT2D eigenvalue weighted by molar-refractivity contribution is 5.91. The van der Waals surface area contributed by atoms with Gasteiger partial charge in [-0.3, -0.25) is 19.9 Å². The molecule has 1 amide bonds. The number of rotatable bonds is 5. The van der Waals surface area contributed by atoms with E-state index < -0.39 is 42.3 Å². The molecule has 5 rings (SSSR count). The van der Waals surface area contributed by atoms with Gasteiger partial charge in [-0.2, -0.15) is 4.98 Å². The zero-order valence-electron chi connectivity index (χ0n) is 19.2. The minimum absolute atomic E-state index is 0.0193. The molecule has 12 nitrogen and oxygen atoms in total. The van der Waals surface area contributed by atoms with E-state index in [-0.39, 0.29) is 42.2 Å². The number of anilines is 1. The first-order valence-corrected chi connectivity index (χ1v) is 11.4. The van der Waals surface area contributed by atoms with Gasteiger partial charge in [-0.05, 0) is 0 Å². The summed E-state index contributed by atoms with van der Waals surface area (Å²) < 4.78 is 19.5. The van der Waals surface area contributed by atoms with Crippen molar-refractivity contribution in [2.75, 3.05) is 25.1 Å². The fourth-order valence-electron chi connectivity index (χ4n) is 4.36. The Hall–Kier alpha value is -3.16. The highest BCUT2D eigenvalue weighted by atomic mass is 16.7. The summed E-state index contributed by atoms with van der Waals surface area (Å²) >= 11 is 0. The molecule has 0 saturated carbocycles. The van der Waals surface area contributed by atoms with Crippen molar-refractivity contribution in [2.24, 2.45) is 5.92 Å². The molecule has 0 aliphatic carbocycles. The Bertz CT molecular complexity index is 1280. The fraction of sp³-hybridized carbons (Fsp3) is 0.478. The van der Waals surface area contributed by atoms with E-state index in [0.717, 1.165) is 5.56 Å². The highest BCUT2D eigenvalue weighted by Crippen LogP contribution is 2.41. The zero-order valence-corrected chi connectivity index (χ0v) is 19.2. The topological polar surface area (TPSA) is 161 Å². The summed E-state index contributed by atoms with van der Waals surface area (Å²) in [5, 5.41) is 24.1. The highest BCUT2D eigenvalue weighted by Gasteiger charge is 2.55. The number of amides is 1. The Balaban J connectivity index is 1.48. The number of carbonyl (C=O) groups excluding carboxylic acids is 1. The lowest BCUT2D eigenvalue weighted by molar-refractivity contribution is -0.350. The molecule has 2 saturated heterocycles. The van der Waals surface area contributed by atoms with E-state index >= 15 is 0 Å². The van der Waals surface area contributed by atoms with Crippen molar-refractivity contribution in [3.63, 3.8) is 0 Å². The molecule has 4 N–H and O–H groups in total. The van der Waals surface area contributed by atoms with Crippen molar-refractivity contribution in [2.45, 2.75) is 44.0 Å². The monoisotopic (exact) mass is 485 g/mol. The molecule has 4 heterocycles. The average molecular weight is 485 g/mol. The lowest BCUT2D eigenvalue weighted by Crippen LogP contribution is -2.66. The maximum Gasteiger partial charge on any atom is 0.280 e. The molecule has 0 unspecified atom stereocenters. The number of ether oxygens (including phenoxy) is 3. The van der Waals surface area contributed by atoms with E-state index in [1.165, 1.54) is 10.9 Å². The standard InChI is InChI=1S/C23H27N5O7/c1-12(2)19(31)26-22-25-18-15(20(32)27-22)24-11-28(18)14-8-34-23(9-29)10-33-21(35-17(23)16(14)30)13-6-4-3-5-7-13/h3-7,11-12,14,16-17,21,29-30H,8-10H2,1-2H3,(H2,25,26,27,31,32)/t14-,16+,17+,21-,23-/m1/s1. The average Bonchev–Trinajstić information content (AvgIpc) is 3.29. The van der Waals surface area contributed by atoms with Crippen molar-refractivity contribution >= 4 is 23.0 Å². The van der Waals surface area contributed by atoms with Crippen LogP contribution in [0.3, 0.4) is 0 Å². The van der Waals surface area contributed by atoms with Gasteiger partial charge in [0, 0.05) is 11.5 Å². The molecule has 3 aromatic rings. The Morgan fingerprint density at radius 2 is 2.11 bits per heavy atom. The van der Waals surface area contributed by atoms with Crippen LogP contribution in [0.15, 0.2) is 41.5 Å². The number of nitrogens with one attached hydrogen (secondary N) is 2. The number of aromatic amines is 1. The third-order valence-corrected chi connectivity index (χ3v) is 6.41. The number of aliphatic hydroxyl groups excluding tert-OH is 2. The van der Waals surface area contributed by atoms with Crippen LogP contribution in [0.2, 0.25) is 0 Å². The van der Waals surface area contributed by atoms with Crippen LogP contribution < -0.4 is 10.9 Å². The van der Waals surface area contributed by atoms with E-state index in [1.54, 1.807) is 13.8 Å². The van der Waals surface area contributed by atoms with Gasteiger partial charge in [-0.25, -0.2) is 4.98 Å². The van der Waals surface area contributed by atoms with E-state index in [1.807, 2.05) is 30.3 Å². The second kappa shape index (κ2) is 9.13. The third-order valence-electron chi connectivity index (χ3n) is 6.41. The van der Waals surface area contributed by atoms with E-state index in [9.17, 15) is 19.8 Å². The van der Waals surface area contributed by atoms with Gasteiger partial charge < -0.3 is 29.0 Å². The van der Waals surface area contributed by atoms with Crippen LogP contribution in [0.25, 0.3) is 11.2 Å². The van der Waals surface area contributed by atoms with Gasteiger partial charge in [0.15, 0.2) is 17.5 Å². The van der Waals surface area contributed by atoms with Crippen molar-refractivity contribution in [3.8, 4) is 0 Å². The van der Waals surface area contributed by atoms with Gasteiger partial charge >= 0.3 is 0 Å². The molecule has 2 fully saturated rings. The molecular weight excluding hydrogens is 458 g/mol. The lowest BCUT2D eigenvalue weighted by atomic mass is 9.86. The van der Waals surface area contributed by atoms with Crippen molar-refractivity contribution < 1.29 is 29.2 Å². The van der Waals surface area contributed by atoms with E-state index in [4.69, 9.17) is 14.2 Å². The number of imidazole rings is 1. The number of fused-ring (bicyclic) bond motifs is 2. The normalized spacial score (nSPS) is 28.7. The van der Waals surface area contributed by atoms with Crippen LogP contribution in [0, 0.1) is 5.92 Å². The molecule has 35 heavy (non-hydrogen) atoms. The van der Waals surface area contributed by atoms with E-state index in [2.05, 4.69) is 20.3 Å². The number of hydrogen-bond acceptors (Lipinski definition) is 9. The summed E-state index contributed by atoms with van der Waals surface area (Å²) in [4.78, 5) is 35.7. The summed E-state index contributed by atoms with van der Waals surface area (Å²) in [6.07, 6.45) is -1.46. The fourth-order valence-corrected chi connectivity index (χ4v) is 4.36. The van der Waals surface area contributed by atoms with Crippen LogP contribution in [0.5, 0.6) is 0 Å². The van der Waals surface area contributed by atoms with Gasteiger partial charge in [0.2, 0.25) is 11.9 Å². The van der Waals surface area contributed by atoms with Crippen molar-refractivity contribution in [3.05, 3.63) is 52.6 Å². The number of H-pyrrole nitrogens is 1. The summed E-state index contributed by atoms with van der Waals surface area (Å²) in [7, 11) is 0. The van der Waals surface area contributed by atoms with E-state index in [0.29, 0.717) is 0 Å². The molecule has 1 aromatic carbocycles. The van der Waals surface area contributed by atoms with Gasteiger partial charge in [0.25, 0.3) is 5.56 Å². The lowest BCUT2D eigenvalue weighted by Gasteiger charge is -2.51. The Morgan fingerprint density at radius 1 is 1.34 bits per heavy atom. The van der Waals surface area contributed by atoms with Gasteiger partial charge in [-0.1, -0.05) is 44.2 Å². The Labute approximate surface area is 199 Å². The zero-order chi connectivity index (χ0) is 24.7. The first-order valence-electron chi connectivity index (χ1n) is 11.4. The largest absolute Gasteiger partial charge is 0.393 e. The molecule has 2 aromatic heterocycles. The number of aliphatic hydroxyl groups is 2. The van der Waals surface area contributed by atoms with Crippen LogP contribution in [0.1, 0.15) is 31.7 Å². The Morgan fingerprint density at radius 3 is 2.83 bits per heavy atom. The van der Waals surface area contributed by atoms with Crippen LogP contribution in [-0.2, 0) is 19.0 Å². The molecule has 12 heteroatoms. The Kier molecular flexibility index (Phi) is 6.15. The van der Waals surface area contributed by atoms with Gasteiger partial charge in [0.05, 0.1) is 32.2 Å². The minimum atomic E-state index is -1.25. The predicted molar refractivity (Wildman–Crippen MR) is 122 cm³/mol. The quantitative estimate of drug-likeness (QED) is 0.403. The second-order valence-corrected chi connectivity index (χ2v) is 9.08. The number of hydrogen-bond donors (Lipinski definition) is 4. The smallest absolute Gasteiger partial charge is 0.280 e.